The maximum absolute atomic E-state index is 11.7. The zero-order chi connectivity index (χ0) is 15.5. The largest absolute Gasteiger partial charge is 0.459 e. The van der Waals surface area contributed by atoms with Crippen LogP contribution < -0.4 is 10.6 Å². The van der Waals surface area contributed by atoms with E-state index in [-0.39, 0.29) is 30.2 Å². The van der Waals surface area contributed by atoms with Crippen molar-refractivity contribution >= 4 is 11.8 Å². The van der Waals surface area contributed by atoms with Crippen LogP contribution in [0.15, 0.2) is 22.8 Å². The van der Waals surface area contributed by atoms with Crippen molar-refractivity contribution in [2.45, 2.75) is 25.3 Å². The Kier molecular flexibility index (Phi) is 8.15. The van der Waals surface area contributed by atoms with Gasteiger partial charge in [-0.25, -0.2) is 0 Å². The van der Waals surface area contributed by atoms with Crippen molar-refractivity contribution in [1.82, 2.24) is 10.6 Å². The van der Waals surface area contributed by atoms with E-state index in [0.29, 0.717) is 32.4 Å². The average Bonchev–Trinajstić information content (AvgIpc) is 2.98. The zero-order valence-corrected chi connectivity index (χ0v) is 12.1. The van der Waals surface area contributed by atoms with E-state index in [1.165, 1.54) is 6.26 Å². The van der Waals surface area contributed by atoms with E-state index in [1.807, 2.05) is 0 Å². The monoisotopic (exact) mass is 298 g/mol. The Morgan fingerprint density at radius 1 is 1.48 bits per heavy atom. The van der Waals surface area contributed by atoms with Crippen LogP contribution in [0.4, 0.5) is 0 Å². The van der Waals surface area contributed by atoms with Gasteiger partial charge in [-0.3, -0.25) is 9.59 Å². The molecular formula is C14H22N2O5. The van der Waals surface area contributed by atoms with Crippen molar-refractivity contribution in [3.05, 3.63) is 24.2 Å². The second-order valence-corrected chi connectivity index (χ2v) is 4.57. The fourth-order valence-corrected chi connectivity index (χ4v) is 1.80. The molecule has 0 spiro atoms. The van der Waals surface area contributed by atoms with Crippen LogP contribution in [-0.2, 0) is 9.53 Å². The SMILES string of the molecule is COCC(CCO)NC(=O)CCCNC(=O)c1ccco1. The van der Waals surface area contributed by atoms with Crippen molar-refractivity contribution in [1.29, 1.82) is 0 Å². The van der Waals surface area contributed by atoms with Crippen LogP contribution in [0.2, 0.25) is 0 Å². The molecule has 1 atom stereocenters. The minimum absolute atomic E-state index is 0.00644. The molecule has 0 fully saturated rings. The van der Waals surface area contributed by atoms with Gasteiger partial charge in [0.25, 0.3) is 5.91 Å². The molecule has 0 aliphatic rings. The minimum atomic E-state index is -0.294. The van der Waals surface area contributed by atoms with Crippen LogP contribution in [0.25, 0.3) is 0 Å². The maximum atomic E-state index is 11.7. The van der Waals surface area contributed by atoms with Crippen LogP contribution >= 0.6 is 0 Å². The standard InChI is InChI=1S/C14H22N2O5/c1-20-10-11(6-8-17)16-13(18)5-2-7-15-14(19)12-4-3-9-21-12/h3-4,9,11,17H,2,5-8,10H2,1H3,(H,15,19)(H,16,18). The quantitative estimate of drug-likeness (QED) is 0.539. The Morgan fingerprint density at radius 3 is 2.90 bits per heavy atom. The molecule has 3 N–H and O–H groups in total. The molecule has 1 aromatic heterocycles. The van der Waals surface area contributed by atoms with E-state index in [0.717, 1.165) is 0 Å². The number of furan rings is 1. The van der Waals surface area contributed by atoms with Gasteiger partial charge in [0.15, 0.2) is 5.76 Å². The first-order valence-electron chi connectivity index (χ1n) is 6.88. The van der Waals surface area contributed by atoms with Gasteiger partial charge in [0.2, 0.25) is 5.91 Å². The van der Waals surface area contributed by atoms with Crippen molar-refractivity contribution in [2.75, 3.05) is 26.9 Å². The Hall–Kier alpha value is -1.86. The molecule has 1 rings (SSSR count). The molecule has 0 saturated heterocycles. The highest BCUT2D eigenvalue weighted by Gasteiger charge is 2.12. The first-order chi connectivity index (χ1) is 10.2. The number of aliphatic hydroxyl groups is 1. The zero-order valence-electron chi connectivity index (χ0n) is 12.1. The summed E-state index contributed by atoms with van der Waals surface area (Å²) in [6.45, 7) is 0.747. The van der Waals surface area contributed by atoms with Gasteiger partial charge in [0.1, 0.15) is 0 Å². The molecule has 118 valence electrons. The fraction of sp³-hybridized carbons (Fsp3) is 0.571. The highest BCUT2D eigenvalue weighted by Crippen LogP contribution is 1.99. The lowest BCUT2D eigenvalue weighted by Crippen LogP contribution is -2.39. The molecule has 0 aromatic carbocycles. The molecule has 0 aliphatic heterocycles. The third-order valence-corrected chi connectivity index (χ3v) is 2.82. The number of hydrogen-bond acceptors (Lipinski definition) is 5. The van der Waals surface area contributed by atoms with Crippen LogP contribution in [-0.4, -0.2) is 49.8 Å². The lowest BCUT2D eigenvalue weighted by Gasteiger charge is -2.16. The topological polar surface area (TPSA) is 101 Å². The Labute approximate surface area is 123 Å². The van der Waals surface area contributed by atoms with Gasteiger partial charge in [-0.05, 0) is 25.0 Å². The summed E-state index contributed by atoms with van der Waals surface area (Å²) in [5, 5.41) is 14.3. The van der Waals surface area contributed by atoms with Gasteiger partial charge in [0, 0.05) is 26.7 Å². The molecule has 2 amide bonds. The third-order valence-electron chi connectivity index (χ3n) is 2.82. The number of carbonyl (C=O) groups is 2. The predicted octanol–water partition coefficient (Wildman–Crippen LogP) is 0.303. The summed E-state index contributed by atoms with van der Waals surface area (Å²) in [6.07, 6.45) is 2.70. The molecule has 21 heavy (non-hydrogen) atoms. The lowest BCUT2D eigenvalue weighted by atomic mass is 10.2. The summed E-state index contributed by atoms with van der Waals surface area (Å²) >= 11 is 0. The highest BCUT2D eigenvalue weighted by atomic mass is 16.5. The lowest BCUT2D eigenvalue weighted by molar-refractivity contribution is -0.122. The van der Waals surface area contributed by atoms with Gasteiger partial charge >= 0.3 is 0 Å². The number of carbonyl (C=O) groups excluding carboxylic acids is 2. The summed E-state index contributed by atoms with van der Waals surface area (Å²) in [4.78, 5) is 23.2. The van der Waals surface area contributed by atoms with Crippen molar-refractivity contribution < 1.29 is 23.8 Å². The number of rotatable bonds is 10. The molecule has 1 aromatic rings. The molecule has 0 bridgehead atoms. The maximum Gasteiger partial charge on any atom is 0.286 e. The van der Waals surface area contributed by atoms with E-state index in [4.69, 9.17) is 14.3 Å². The number of hydrogen-bond donors (Lipinski definition) is 3. The van der Waals surface area contributed by atoms with Gasteiger partial charge in [-0.2, -0.15) is 0 Å². The molecule has 0 aliphatic carbocycles. The van der Waals surface area contributed by atoms with E-state index >= 15 is 0 Å². The number of amides is 2. The summed E-state index contributed by atoms with van der Waals surface area (Å²) in [5.74, 6) is -0.168. The van der Waals surface area contributed by atoms with E-state index in [9.17, 15) is 9.59 Å². The van der Waals surface area contributed by atoms with Crippen molar-refractivity contribution in [2.24, 2.45) is 0 Å². The number of aliphatic hydroxyl groups excluding tert-OH is 1. The third kappa shape index (κ3) is 6.92. The molecule has 1 heterocycles. The first kappa shape index (κ1) is 17.2. The Balaban J connectivity index is 2.16. The van der Waals surface area contributed by atoms with Crippen LogP contribution in [0, 0.1) is 0 Å². The Morgan fingerprint density at radius 2 is 2.29 bits per heavy atom. The molecule has 0 radical (unpaired) electrons. The van der Waals surface area contributed by atoms with Crippen LogP contribution in [0.1, 0.15) is 29.8 Å². The normalized spacial score (nSPS) is 11.9. The number of nitrogens with one attached hydrogen (secondary N) is 2. The molecule has 0 saturated carbocycles. The smallest absolute Gasteiger partial charge is 0.286 e. The average molecular weight is 298 g/mol. The van der Waals surface area contributed by atoms with Crippen LogP contribution in [0.3, 0.4) is 0 Å². The van der Waals surface area contributed by atoms with Gasteiger partial charge in [-0.15, -0.1) is 0 Å². The van der Waals surface area contributed by atoms with Gasteiger partial charge in [-0.1, -0.05) is 0 Å². The number of methoxy groups -OCH3 is 1. The number of ether oxygens (including phenoxy) is 1. The summed E-state index contributed by atoms with van der Waals surface area (Å²) in [7, 11) is 1.54. The predicted molar refractivity (Wildman–Crippen MR) is 75.8 cm³/mol. The minimum Gasteiger partial charge on any atom is -0.459 e. The molecule has 1 unspecified atom stereocenters. The van der Waals surface area contributed by atoms with E-state index in [2.05, 4.69) is 10.6 Å². The van der Waals surface area contributed by atoms with E-state index < -0.39 is 0 Å². The van der Waals surface area contributed by atoms with Gasteiger partial charge in [0.05, 0.1) is 18.9 Å². The van der Waals surface area contributed by atoms with Crippen molar-refractivity contribution in [3.63, 3.8) is 0 Å². The summed E-state index contributed by atoms with van der Waals surface area (Å²) < 4.78 is 9.91. The molecule has 7 heteroatoms. The molecular weight excluding hydrogens is 276 g/mol. The van der Waals surface area contributed by atoms with Crippen LogP contribution in [0.5, 0.6) is 0 Å². The molecule has 7 nitrogen and oxygen atoms in total. The van der Waals surface area contributed by atoms with Gasteiger partial charge < -0.3 is 24.9 Å². The van der Waals surface area contributed by atoms with Crippen molar-refractivity contribution in [3.8, 4) is 0 Å². The van der Waals surface area contributed by atoms with E-state index in [1.54, 1.807) is 19.2 Å². The second-order valence-electron chi connectivity index (χ2n) is 4.57. The fourth-order valence-electron chi connectivity index (χ4n) is 1.80. The summed E-state index contributed by atoms with van der Waals surface area (Å²) in [6, 6.07) is 3.02. The second kappa shape index (κ2) is 9.95. The summed E-state index contributed by atoms with van der Waals surface area (Å²) in [5.41, 5.74) is 0. The Bertz CT molecular complexity index is 413. The highest BCUT2D eigenvalue weighted by molar-refractivity contribution is 5.91. The first-order valence-corrected chi connectivity index (χ1v) is 6.88.